The van der Waals surface area contributed by atoms with E-state index >= 15 is 0 Å². The highest BCUT2D eigenvalue weighted by Crippen LogP contribution is 2.24. The Balaban J connectivity index is 1.25. The minimum atomic E-state index is 0.0352. The van der Waals surface area contributed by atoms with E-state index in [-0.39, 0.29) is 11.8 Å². The summed E-state index contributed by atoms with van der Waals surface area (Å²) in [5.74, 6) is 2.06. The second-order valence-corrected chi connectivity index (χ2v) is 9.91. The van der Waals surface area contributed by atoms with Gasteiger partial charge >= 0.3 is 0 Å². The molecule has 1 amide bonds. The first kappa shape index (κ1) is 23.6. The monoisotopic (exact) mass is 532 g/mol. The lowest BCUT2D eigenvalue weighted by Gasteiger charge is -2.31. The molecule has 7 heteroatoms. The zero-order valence-electron chi connectivity index (χ0n) is 19.8. The summed E-state index contributed by atoms with van der Waals surface area (Å²) in [6, 6.07) is 24.2. The fourth-order valence-corrected chi connectivity index (χ4v) is 4.93. The smallest absolute Gasteiger partial charge is 0.227 e. The quantitative estimate of drug-likeness (QED) is 0.331. The van der Waals surface area contributed by atoms with Gasteiger partial charge in [0.15, 0.2) is 0 Å². The van der Waals surface area contributed by atoms with Crippen molar-refractivity contribution in [2.45, 2.75) is 25.9 Å². The molecule has 3 aromatic carbocycles. The Morgan fingerprint density at radius 3 is 2.43 bits per heavy atom. The predicted molar refractivity (Wildman–Crippen MR) is 143 cm³/mol. The molecule has 0 saturated carbocycles. The average molecular weight is 533 g/mol. The van der Waals surface area contributed by atoms with E-state index in [0.717, 1.165) is 71.8 Å². The van der Waals surface area contributed by atoms with Gasteiger partial charge in [0.25, 0.3) is 0 Å². The summed E-state index contributed by atoms with van der Waals surface area (Å²) in [4.78, 5) is 20.2. The zero-order chi connectivity index (χ0) is 24.2. The maximum Gasteiger partial charge on any atom is 0.227 e. The number of hydrogen-bond donors (Lipinski definition) is 1. The summed E-state index contributed by atoms with van der Waals surface area (Å²) in [6.45, 7) is 3.28. The van der Waals surface area contributed by atoms with Gasteiger partial charge in [-0.15, -0.1) is 0 Å². The first-order chi connectivity index (χ1) is 17.1. The minimum absolute atomic E-state index is 0.0352. The number of nitrogens with one attached hydrogen (secondary N) is 1. The molecule has 0 bridgehead atoms. The molecule has 4 aromatic rings. The van der Waals surface area contributed by atoms with Gasteiger partial charge in [-0.05, 0) is 80.0 Å². The molecule has 0 spiro atoms. The fourth-order valence-electron chi connectivity index (χ4n) is 4.67. The van der Waals surface area contributed by atoms with Crippen molar-refractivity contribution in [3.05, 3.63) is 88.7 Å². The van der Waals surface area contributed by atoms with E-state index in [1.807, 2.05) is 42.5 Å². The van der Waals surface area contributed by atoms with Crippen LogP contribution in [0.1, 0.15) is 24.2 Å². The number of carbonyl (C=O) groups is 1. The number of likely N-dealkylation sites (tertiary alicyclic amines) is 1. The normalized spacial score (nSPS) is 14.8. The van der Waals surface area contributed by atoms with Gasteiger partial charge < -0.3 is 14.6 Å². The largest absolute Gasteiger partial charge is 0.497 e. The molecule has 35 heavy (non-hydrogen) atoms. The van der Waals surface area contributed by atoms with Crippen molar-refractivity contribution in [2.75, 3.05) is 25.5 Å². The lowest BCUT2D eigenvalue weighted by atomic mass is 9.96. The highest BCUT2D eigenvalue weighted by molar-refractivity contribution is 9.10. The highest BCUT2D eigenvalue weighted by Gasteiger charge is 2.26. The topological polar surface area (TPSA) is 59.4 Å². The SMILES string of the molecule is COc1ccc(Cn2c(CN3CCC(C(=O)Nc4ccc(Br)cc4)CC3)nc3ccccc32)cc1. The van der Waals surface area contributed by atoms with Crippen LogP contribution in [0.5, 0.6) is 5.75 Å². The van der Waals surface area contributed by atoms with E-state index in [2.05, 4.69) is 61.0 Å². The van der Waals surface area contributed by atoms with Crippen molar-refractivity contribution >= 4 is 38.6 Å². The van der Waals surface area contributed by atoms with Gasteiger partial charge in [0.05, 0.1) is 24.7 Å². The van der Waals surface area contributed by atoms with Crippen LogP contribution in [0.15, 0.2) is 77.3 Å². The van der Waals surface area contributed by atoms with Crippen LogP contribution in [-0.4, -0.2) is 40.6 Å². The number of aromatic nitrogens is 2. The maximum atomic E-state index is 12.8. The Labute approximate surface area is 214 Å². The third kappa shape index (κ3) is 5.57. The summed E-state index contributed by atoms with van der Waals surface area (Å²) in [6.07, 6.45) is 1.70. The number of benzene rings is 3. The van der Waals surface area contributed by atoms with Gasteiger partial charge in [-0.25, -0.2) is 4.98 Å². The van der Waals surface area contributed by atoms with Crippen LogP contribution in [0.25, 0.3) is 11.0 Å². The van der Waals surface area contributed by atoms with Crippen LogP contribution >= 0.6 is 15.9 Å². The van der Waals surface area contributed by atoms with Crippen molar-refractivity contribution in [2.24, 2.45) is 5.92 Å². The third-order valence-corrected chi connectivity index (χ3v) is 7.20. The zero-order valence-corrected chi connectivity index (χ0v) is 21.4. The summed E-state index contributed by atoms with van der Waals surface area (Å²) in [5, 5.41) is 3.06. The minimum Gasteiger partial charge on any atom is -0.497 e. The van der Waals surface area contributed by atoms with E-state index in [4.69, 9.17) is 9.72 Å². The number of anilines is 1. The van der Waals surface area contributed by atoms with E-state index in [9.17, 15) is 4.79 Å². The van der Waals surface area contributed by atoms with Crippen molar-refractivity contribution in [3.8, 4) is 5.75 Å². The number of methoxy groups -OCH3 is 1. The van der Waals surface area contributed by atoms with Crippen LogP contribution in [0.4, 0.5) is 5.69 Å². The second-order valence-electron chi connectivity index (χ2n) is 9.00. The van der Waals surface area contributed by atoms with Gasteiger partial charge in [0.2, 0.25) is 5.91 Å². The molecule has 1 N–H and O–H groups in total. The number of halogens is 1. The highest BCUT2D eigenvalue weighted by atomic mass is 79.9. The summed E-state index contributed by atoms with van der Waals surface area (Å²) in [7, 11) is 1.68. The van der Waals surface area contributed by atoms with Crippen LogP contribution < -0.4 is 10.1 Å². The van der Waals surface area contributed by atoms with E-state index in [1.165, 1.54) is 5.56 Å². The molecule has 0 atom stereocenters. The van der Waals surface area contributed by atoms with E-state index in [1.54, 1.807) is 7.11 Å². The summed E-state index contributed by atoms with van der Waals surface area (Å²) in [5.41, 5.74) is 4.20. The molecule has 180 valence electrons. The van der Waals surface area contributed by atoms with Crippen molar-refractivity contribution < 1.29 is 9.53 Å². The van der Waals surface area contributed by atoms with Gasteiger partial charge in [-0.2, -0.15) is 0 Å². The molecule has 1 saturated heterocycles. The molecule has 0 aliphatic carbocycles. The molecule has 5 rings (SSSR count). The molecular weight excluding hydrogens is 504 g/mol. The van der Waals surface area contributed by atoms with Crippen molar-refractivity contribution in [1.82, 2.24) is 14.5 Å². The van der Waals surface area contributed by atoms with E-state index in [0.29, 0.717) is 0 Å². The average Bonchev–Trinajstić information content (AvgIpc) is 3.23. The molecule has 1 aliphatic rings. The Morgan fingerprint density at radius 1 is 1.00 bits per heavy atom. The number of amides is 1. The molecule has 0 radical (unpaired) electrons. The number of carbonyl (C=O) groups excluding carboxylic acids is 1. The molecule has 0 unspecified atom stereocenters. The van der Waals surface area contributed by atoms with Crippen LogP contribution in [-0.2, 0) is 17.9 Å². The van der Waals surface area contributed by atoms with Gasteiger partial charge in [0, 0.05) is 22.6 Å². The predicted octanol–water partition coefficient (Wildman–Crippen LogP) is 5.71. The Kier molecular flexibility index (Phi) is 7.16. The van der Waals surface area contributed by atoms with Crippen molar-refractivity contribution in [3.63, 3.8) is 0 Å². The summed E-state index contributed by atoms with van der Waals surface area (Å²) < 4.78 is 8.62. The van der Waals surface area contributed by atoms with Crippen LogP contribution in [0.3, 0.4) is 0 Å². The lowest BCUT2D eigenvalue weighted by molar-refractivity contribution is -0.121. The number of hydrogen-bond acceptors (Lipinski definition) is 4. The third-order valence-electron chi connectivity index (χ3n) is 6.67. The number of nitrogens with zero attached hydrogens (tertiary/aromatic N) is 3. The van der Waals surface area contributed by atoms with Gasteiger partial charge in [0.1, 0.15) is 11.6 Å². The number of fused-ring (bicyclic) bond motifs is 1. The first-order valence-electron chi connectivity index (χ1n) is 11.9. The maximum absolute atomic E-state index is 12.8. The van der Waals surface area contributed by atoms with Gasteiger partial charge in [-0.1, -0.05) is 40.2 Å². The van der Waals surface area contributed by atoms with E-state index < -0.39 is 0 Å². The molecule has 2 heterocycles. The molecular formula is C28H29BrN4O2. The van der Waals surface area contributed by atoms with Crippen LogP contribution in [0, 0.1) is 5.92 Å². The first-order valence-corrected chi connectivity index (χ1v) is 12.7. The summed E-state index contributed by atoms with van der Waals surface area (Å²) >= 11 is 3.43. The Hall–Kier alpha value is -3.16. The molecule has 6 nitrogen and oxygen atoms in total. The van der Waals surface area contributed by atoms with Crippen LogP contribution in [0.2, 0.25) is 0 Å². The molecule has 1 aliphatic heterocycles. The van der Waals surface area contributed by atoms with Gasteiger partial charge in [-0.3, -0.25) is 9.69 Å². The Bertz CT molecular complexity index is 1290. The fraction of sp³-hybridized carbons (Fsp3) is 0.286. The molecule has 1 fully saturated rings. The second kappa shape index (κ2) is 10.6. The lowest BCUT2D eigenvalue weighted by Crippen LogP contribution is -2.38. The number of imidazole rings is 1. The number of piperidine rings is 1. The van der Waals surface area contributed by atoms with Crippen molar-refractivity contribution in [1.29, 1.82) is 0 Å². The number of ether oxygens (including phenoxy) is 1. The Morgan fingerprint density at radius 2 is 1.71 bits per heavy atom. The molecule has 1 aromatic heterocycles. The number of rotatable bonds is 7. The standard InChI is InChI=1S/C28H29BrN4O2/c1-35-24-12-6-20(7-13-24)18-33-26-5-3-2-4-25(26)31-27(33)19-32-16-14-21(15-17-32)28(34)30-23-10-8-22(29)9-11-23/h2-13,21H,14-19H2,1H3,(H,30,34). The number of para-hydroxylation sites is 2.